The van der Waals surface area contributed by atoms with Crippen LogP contribution in [0.2, 0.25) is 0 Å². The van der Waals surface area contributed by atoms with Crippen molar-refractivity contribution in [3.8, 4) is 0 Å². The van der Waals surface area contributed by atoms with E-state index in [1.807, 2.05) is 19.2 Å². The predicted octanol–water partition coefficient (Wildman–Crippen LogP) is 1.59. The summed E-state index contributed by atoms with van der Waals surface area (Å²) in [4.78, 5) is 13.3. The highest BCUT2D eigenvalue weighted by molar-refractivity contribution is 5.85. The number of benzene rings is 1. The zero-order valence-corrected chi connectivity index (χ0v) is 10.8. The van der Waals surface area contributed by atoms with Crippen molar-refractivity contribution in [2.75, 3.05) is 20.6 Å². The van der Waals surface area contributed by atoms with Crippen LogP contribution in [-0.2, 0) is 11.3 Å². The minimum absolute atomic E-state index is 0. The first-order chi connectivity index (χ1) is 7.15. The van der Waals surface area contributed by atoms with Crippen LogP contribution in [0.25, 0.3) is 0 Å². The molecule has 0 aromatic heterocycles. The van der Waals surface area contributed by atoms with E-state index in [2.05, 4.69) is 24.4 Å². The van der Waals surface area contributed by atoms with E-state index in [4.69, 9.17) is 0 Å². The van der Waals surface area contributed by atoms with Gasteiger partial charge in [0.2, 0.25) is 5.91 Å². The Morgan fingerprint density at radius 1 is 1.38 bits per heavy atom. The van der Waals surface area contributed by atoms with Crippen LogP contribution in [0.1, 0.15) is 11.1 Å². The molecule has 0 bridgehead atoms. The monoisotopic (exact) mass is 242 g/mol. The molecular formula is C12H19ClN2O. The highest BCUT2D eigenvalue weighted by Gasteiger charge is 2.08. The van der Waals surface area contributed by atoms with Gasteiger partial charge in [0.1, 0.15) is 0 Å². The van der Waals surface area contributed by atoms with E-state index in [1.165, 1.54) is 11.1 Å². The van der Waals surface area contributed by atoms with Gasteiger partial charge >= 0.3 is 0 Å². The van der Waals surface area contributed by atoms with Gasteiger partial charge < -0.3 is 10.2 Å². The van der Waals surface area contributed by atoms with Crippen LogP contribution >= 0.6 is 12.4 Å². The zero-order valence-electron chi connectivity index (χ0n) is 9.99. The Labute approximate surface area is 103 Å². The van der Waals surface area contributed by atoms with E-state index in [-0.39, 0.29) is 18.3 Å². The Bertz CT molecular complexity index is 342. The Kier molecular flexibility index (Phi) is 6.77. The van der Waals surface area contributed by atoms with Crippen molar-refractivity contribution in [3.63, 3.8) is 0 Å². The summed E-state index contributed by atoms with van der Waals surface area (Å²) in [6.45, 7) is 3.13. The van der Waals surface area contributed by atoms with Crippen molar-refractivity contribution in [1.82, 2.24) is 10.2 Å². The number of likely N-dealkylation sites (N-methyl/N-ethyl adjacent to an activating group) is 2. The summed E-state index contributed by atoms with van der Waals surface area (Å²) in [5.74, 6) is 0.112. The van der Waals surface area contributed by atoms with Crippen LogP contribution in [0.3, 0.4) is 0 Å². The van der Waals surface area contributed by atoms with E-state index in [9.17, 15) is 4.79 Å². The second-order valence-electron chi connectivity index (χ2n) is 3.71. The Morgan fingerprint density at radius 2 is 2.00 bits per heavy atom. The minimum atomic E-state index is 0. The lowest BCUT2D eigenvalue weighted by molar-refractivity contribution is -0.129. The molecular weight excluding hydrogens is 224 g/mol. The number of nitrogens with zero attached hydrogens (tertiary/aromatic N) is 1. The molecule has 1 aromatic carbocycles. The van der Waals surface area contributed by atoms with Crippen molar-refractivity contribution >= 4 is 18.3 Å². The average molecular weight is 243 g/mol. The van der Waals surface area contributed by atoms with Gasteiger partial charge in [-0.05, 0) is 25.1 Å². The number of amides is 1. The maximum absolute atomic E-state index is 11.5. The maximum Gasteiger partial charge on any atom is 0.236 e. The maximum atomic E-state index is 11.5. The molecule has 90 valence electrons. The SMILES string of the molecule is CNCC(=O)N(C)Cc1ccccc1C.Cl. The number of carbonyl (C=O) groups excluding carboxylic acids is 1. The van der Waals surface area contributed by atoms with Gasteiger partial charge in [0.05, 0.1) is 6.54 Å². The van der Waals surface area contributed by atoms with E-state index < -0.39 is 0 Å². The average Bonchev–Trinajstić information content (AvgIpc) is 2.21. The molecule has 0 aliphatic heterocycles. The van der Waals surface area contributed by atoms with Crippen LogP contribution in [0.5, 0.6) is 0 Å². The number of hydrogen-bond acceptors (Lipinski definition) is 2. The molecule has 0 saturated heterocycles. The summed E-state index contributed by atoms with van der Waals surface area (Å²) in [7, 11) is 3.60. The molecule has 4 heteroatoms. The number of halogens is 1. The van der Waals surface area contributed by atoms with Gasteiger partial charge in [0, 0.05) is 13.6 Å². The molecule has 0 atom stereocenters. The quantitative estimate of drug-likeness (QED) is 0.870. The van der Waals surface area contributed by atoms with Gasteiger partial charge in [0.15, 0.2) is 0 Å². The molecule has 0 spiro atoms. The first kappa shape index (κ1) is 14.9. The number of aryl methyl sites for hydroxylation is 1. The van der Waals surface area contributed by atoms with Crippen LogP contribution in [0.4, 0.5) is 0 Å². The van der Waals surface area contributed by atoms with Crippen molar-refractivity contribution in [2.45, 2.75) is 13.5 Å². The molecule has 0 saturated carbocycles. The fourth-order valence-corrected chi connectivity index (χ4v) is 1.42. The topological polar surface area (TPSA) is 32.3 Å². The standard InChI is InChI=1S/C12H18N2O.ClH/c1-10-6-4-5-7-11(10)9-14(3)12(15)8-13-2;/h4-7,13H,8-9H2,1-3H3;1H. The highest BCUT2D eigenvalue weighted by atomic mass is 35.5. The van der Waals surface area contributed by atoms with Crippen molar-refractivity contribution in [3.05, 3.63) is 35.4 Å². The van der Waals surface area contributed by atoms with E-state index in [0.29, 0.717) is 13.1 Å². The summed E-state index contributed by atoms with van der Waals surface area (Å²) >= 11 is 0. The third-order valence-electron chi connectivity index (χ3n) is 2.42. The first-order valence-electron chi connectivity index (χ1n) is 5.08. The first-order valence-corrected chi connectivity index (χ1v) is 5.08. The molecule has 0 aliphatic rings. The summed E-state index contributed by atoms with van der Waals surface area (Å²) in [6, 6.07) is 8.12. The van der Waals surface area contributed by atoms with Gasteiger partial charge in [-0.25, -0.2) is 0 Å². The van der Waals surface area contributed by atoms with Gasteiger partial charge in [0.25, 0.3) is 0 Å². The predicted molar refractivity (Wildman–Crippen MR) is 68.8 cm³/mol. The van der Waals surface area contributed by atoms with Crippen molar-refractivity contribution in [1.29, 1.82) is 0 Å². The van der Waals surface area contributed by atoms with Crippen molar-refractivity contribution < 1.29 is 4.79 Å². The van der Waals surface area contributed by atoms with Gasteiger partial charge in [-0.3, -0.25) is 4.79 Å². The van der Waals surface area contributed by atoms with Gasteiger partial charge in [-0.1, -0.05) is 24.3 Å². The second-order valence-corrected chi connectivity index (χ2v) is 3.71. The van der Waals surface area contributed by atoms with Gasteiger partial charge in [-0.15, -0.1) is 12.4 Å². The van der Waals surface area contributed by atoms with E-state index in [0.717, 1.165) is 0 Å². The molecule has 1 rings (SSSR count). The number of rotatable bonds is 4. The minimum Gasteiger partial charge on any atom is -0.340 e. The lowest BCUT2D eigenvalue weighted by Gasteiger charge is -2.18. The van der Waals surface area contributed by atoms with Crippen LogP contribution in [0.15, 0.2) is 24.3 Å². The third kappa shape index (κ3) is 4.21. The van der Waals surface area contributed by atoms with E-state index >= 15 is 0 Å². The Hall–Kier alpha value is -1.06. The molecule has 0 heterocycles. The molecule has 16 heavy (non-hydrogen) atoms. The number of carbonyl (C=O) groups is 1. The fraction of sp³-hybridized carbons (Fsp3) is 0.417. The fourth-order valence-electron chi connectivity index (χ4n) is 1.42. The van der Waals surface area contributed by atoms with Crippen LogP contribution in [0, 0.1) is 6.92 Å². The smallest absolute Gasteiger partial charge is 0.236 e. The second kappa shape index (κ2) is 7.25. The van der Waals surface area contributed by atoms with Crippen LogP contribution in [-0.4, -0.2) is 31.4 Å². The molecule has 1 N–H and O–H groups in total. The number of hydrogen-bond donors (Lipinski definition) is 1. The summed E-state index contributed by atoms with van der Waals surface area (Å²) in [6.07, 6.45) is 0. The third-order valence-corrected chi connectivity index (χ3v) is 2.42. The summed E-state index contributed by atoms with van der Waals surface area (Å²) < 4.78 is 0. The molecule has 0 fully saturated rings. The Balaban J connectivity index is 0.00000225. The largest absolute Gasteiger partial charge is 0.340 e. The lowest BCUT2D eigenvalue weighted by atomic mass is 10.1. The molecule has 0 radical (unpaired) electrons. The molecule has 0 aliphatic carbocycles. The van der Waals surface area contributed by atoms with Crippen LogP contribution < -0.4 is 5.32 Å². The molecule has 3 nitrogen and oxygen atoms in total. The highest BCUT2D eigenvalue weighted by Crippen LogP contribution is 2.09. The Morgan fingerprint density at radius 3 is 2.56 bits per heavy atom. The lowest BCUT2D eigenvalue weighted by Crippen LogP contribution is -2.33. The van der Waals surface area contributed by atoms with Crippen molar-refractivity contribution in [2.24, 2.45) is 0 Å². The summed E-state index contributed by atoms with van der Waals surface area (Å²) in [5.41, 5.74) is 2.42. The summed E-state index contributed by atoms with van der Waals surface area (Å²) in [5, 5.41) is 2.86. The molecule has 0 unspecified atom stereocenters. The van der Waals surface area contributed by atoms with E-state index in [1.54, 1.807) is 11.9 Å². The molecule has 1 amide bonds. The normalized spacial score (nSPS) is 9.44. The number of nitrogens with one attached hydrogen (secondary N) is 1. The molecule has 1 aromatic rings. The van der Waals surface area contributed by atoms with Gasteiger partial charge in [-0.2, -0.15) is 0 Å². The zero-order chi connectivity index (χ0) is 11.3.